The highest BCUT2D eigenvalue weighted by molar-refractivity contribution is 5.92. The average Bonchev–Trinajstić information content (AvgIpc) is 3.52. The van der Waals surface area contributed by atoms with Crippen molar-refractivity contribution in [3.05, 3.63) is 70.9 Å². The van der Waals surface area contributed by atoms with Gasteiger partial charge in [0, 0.05) is 6.20 Å². The molecular formula is C26H25F2N5O2. The molecule has 2 atom stereocenters. The molecule has 2 saturated carbocycles. The Hall–Kier alpha value is -3.33. The number of hydrogen-bond acceptors (Lipinski definition) is 6. The Balaban J connectivity index is 1.44. The number of aliphatic hydroxyl groups is 1. The summed E-state index contributed by atoms with van der Waals surface area (Å²) in [6.45, 7) is 4.16. The van der Waals surface area contributed by atoms with E-state index in [1.54, 1.807) is 12.3 Å². The van der Waals surface area contributed by atoms with Gasteiger partial charge in [-0.1, -0.05) is 19.9 Å². The minimum atomic E-state index is -0.683. The molecule has 2 heterocycles. The van der Waals surface area contributed by atoms with Gasteiger partial charge in [-0.2, -0.15) is 5.10 Å². The monoisotopic (exact) mass is 477 g/mol. The first-order valence-corrected chi connectivity index (χ1v) is 11.8. The highest BCUT2D eigenvalue weighted by atomic mass is 19.1. The molecule has 3 aromatic rings. The molecule has 0 saturated heterocycles. The van der Waals surface area contributed by atoms with Gasteiger partial charge in [-0.25, -0.2) is 13.8 Å². The second-order valence-electron chi connectivity index (χ2n) is 10.5. The lowest BCUT2D eigenvalue weighted by molar-refractivity contribution is 0.0900. The van der Waals surface area contributed by atoms with Crippen LogP contribution < -0.4 is 5.32 Å². The maximum Gasteiger partial charge on any atom is 0.272 e. The van der Waals surface area contributed by atoms with Crippen molar-refractivity contribution in [2.24, 2.45) is 5.41 Å². The first-order valence-electron chi connectivity index (χ1n) is 11.8. The van der Waals surface area contributed by atoms with E-state index in [0.29, 0.717) is 5.69 Å². The number of carbonyl (C=O) groups is 1. The fourth-order valence-electron chi connectivity index (χ4n) is 6.22. The lowest BCUT2D eigenvalue weighted by Crippen LogP contribution is -2.41. The van der Waals surface area contributed by atoms with E-state index in [-0.39, 0.29) is 40.8 Å². The standard InChI is InChI=1S/C26H25F2N5O2/c1-24(2)15-6-7-26(24,20-12-29-11-19(30-20)23(35)31-25(13-34)8-9-25)22-14(15)10-18(32-33-22)21-16(27)4-3-5-17(21)28/h3-5,10-12,15,34H,6-9,13H2,1-2H3,(H,31,35)/t15?,26-/m0/s1. The number of aromatic nitrogens is 4. The van der Waals surface area contributed by atoms with Gasteiger partial charge in [-0.3, -0.25) is 9.78 Å². The first-order chi connectivity index (χ1) is 16.7. The molecule has 3 aliphatic rings. The lowest BCUT2D eigenvalue weighted by atomic mass is 9.66. The van der Waals surface area contributed by atoms with E-state index in [0.717, 1.165) is 36.9 Å². The second kappa shape index (κ2) is 7.34. The smallest absolute Gasteiger partial charge is 0.272 e. The van der Waals surface area contributed by atoms with Gasteiger partial charge >= 0.3 is 0 Å². The number of rotatable bonds is 5. The number of hydrogen-bond donors (Lipinski definition) is 2. The van der Waals surface area contributed by atoms with Crippen LogP contribution in [0.3, 0.4) is 0 Å². The number of nitrogens with one attached hydrogen (secondary N) is 1. The summed E-state index contributed by atoms with van der Waals surface area (Å²) >= 11 is 0. The minimum absolute atomic E-state index is 0.0880. The molecule has 7 nitrogen and oxygen atoms in total. The van der Waals surface area contributed by atoms with Crippen molar-refractivity contribution in [1.29, 1.82) is 0 Å². The van der Waals surface area contributed by atoms with Crippen molar-refractivity contribution in [2.75, 3.05) is 6.61 Å². The molecule has 0 radical (unpaired) electrons. The van der Waals surface area contributed by atoms with E-state index in [1.165, 1.54) is 24.4 Å². The van der Waals surface area contributed by atoms with Gasteiger partial charge in [-0.05, 0) is 60.8 Å². The van der Waals surface area contributed by atoms with Crippen LogP contribution in [0.4, 0.5) is 8.78 Å². The van der Waals surface area contributed by atoms with Crippen LogP contribution in [0, 0.1) is 17.0 Å². The molecule has 9 heteroatoms. The maximum absolute atomic E-state index is 14.5. The van der Waals surface area contributed by atoms with Gasteiger partial charge in [0.25, 0.3) is 5.91 Å². The van der Waals surface area contributed by atoms with Crippen molar-refractivity contribution >= 4 is 5.91 Å². The SMILES string of the molecule is CC1(C)C2CC[C@]1(c1cncc(C(=O)NC3(CO)CC3)n1)c1nnc(-c3c(F)cccc3F)cc12. The summed E-state index contributed by atoms with van der Waals surface area (Å²) in [6.07, 6.45) is 6.15. The largest absolute Gasteiger partial charge is 0.394 e. The Labute approximate surface area is 201 Å². The van der Waals surface area contributed by atoms with Gasteiger partial charge in [-0.15, -0.1) is 5.10 Å². The number of amides is 1. The van der Waals surface area contributed by atoms with Gasteiger partial charge in [0.05, 0.1) is 46.4 Å². The topological polar surface area (TPSA) is 101 Å². The molecule has 180 valence electrons. The lowest BCUT2D eigenvalue weighted by Gasteiger charge is -2.37. The Morgan fingerprint density at radius 3 is 2.57 bits per heavy atom. The Morgan fingerprint density at radius 1 is 1.14 bits per heavy atom. The third kappa shape index (κ3) is 3.00. The van der Waals surface area contributed by atoms with Gasteiger partial charge in [0.15, 0.2) is 0 Å². The van der Waals surface area contributed by atoms with Gasteiger partial charge in [0.2, 0.25) is 0 Å². The van der Waals surface area contributed by atoms with Gasteiger partial charge in [0.1, 0.15) is 17.3 Å². The molecule has 1 unspecified atom stereocenters. The third-order valence-electron chi connectivity index (χ3n) is 8.44. The molecule has 2 aromatic heterocycles. The first kappa shape index (κ1) is 22.2. The summed E-state index contributed by atoms with van der Waals surface area (Å²) < 4.78 is 28.9. The number of benzene rings is 1. The zero-order chi connectivity index (χ0) is 24.6. The molecule has 0 spiro atoms. The predicted molar refractivity (Wildman–Crippen MR) is 122 cm³/mol. The van der Waals surface area contributed by atoms with Crippen LogP contribution in [0.2, 0.25) is 0 Å². The van der Waals surface area contributed by atoms with Crippen molar-refractivity contribution in [3.63, 3.8) is 0 Å². The normalized spacial score (nSPS) is 24.8. The fraction of sp³-hybridized carbons (Fsp3) is 0.423. The Kier molecular flexibility index (Phi) is 4.64. The summed E-state index contributed by atoms with van der Waals surface area (Å²) in [5, 5.41) is 21.2. The maximum atomic E-state index is 14.5. The van der Waals surface area contributed by atoms with Crippen molar-refractivity contribution in [3.8, 4) is 11.3 Å². The van der Waals surface area contributed by atoms with Crippen molar-refractivity contribution in [2.45, 2.75) is 56.4 Å². The fourth-order valence-corrected chi connectivity index (χ4v) is 6.22. The number of carbonyl (C=O) groups excluding carboxylic acids is 1. The molecule has 2 N–H and O–H groups in total. The minimum Gasteiger partial charge on any atom is -0.394 e. The van der Waals surface area contributed by atoms with Crippen LogP contribution in [0.1, 0.15) is 72.9 Å². The predicted octanol–water partition coefficient (Wildman–Crippen LogP) is 3.67. The Bertz CT molecular complexity index is 1350. The molecule has 1 amide bonds. The van der Waals surface area contributed by atoms with E-state index >= 15 is 0 Å². The summed E-state index contributed by atoms with van der Waals surface area (Å²) in [7, 11) is 0. The van der Waals surface area contributed by atoms with Crippen LogP contribution >= 0.6 is 0 Å². The molecule has 35 heavy (non-hydrogen) atoms. The van der Waals surface area contributed by atoms with E-state index in [2.05, 4.69) is 34.3 Å². The van der Waals surface area contributed by atoms with E-state index in [9.17, 15) is 18.7 Å². The second-order valence-corrected chi connectivity index (χ2v) is 10.5. The summed E-state index contributed by atoms with van der Waals surface area (Å²) in [6, 6.07) is 5.49. The molecule has 3 aliphatic carbocycles. The molecule has 1 aromatic carbocycles. The zero-order valence-corrected chi connectivity index (χ0v) is 19.5. The number of nitrogens with zero attached hydrogens (tertiary/aromatic N) is 4. The number of fused-ring (bicyclic) bond motifs is 5. The highest BCUT2D eigenvalue weighted by Crippen LogP contribution is 2.69. The van der Waals surface area contributed by atoms with Crippen molar-refractivity contribution in [1.82, 2.24) is 25.5 Å². The zero-order valence-electron chi connectivity index (χ0n) is 19.5. The molecule has 2 fully saturated rings. The molecule has 6 rings (SSSR count). The van der Waals surface area contributed by atoms with Crippen LogP contribution in [0.5, 0.6) is 0 Å². The number of halogens is 2. The molecular weight excluding hydrogens is 452 g/mol. The molecule has 2 bridgehead atoms. The third-order valence-corrected chi connectivity index (χ3v) is 8.44. The summed E-state index contributed by atoms with van der Waals surface area (Å²) in [4.78, 5) is 21.9. The Morgan fingerprint density at radius 2 is 1.89 bits per heavy atom. The van der Waals surface area contributed by atoms with Crippen LogP contribution in [0.25, 0.3) is 11.3 Å². The summed E-state index contributed by atoms with van der Waals surface area (Å²) in [5.41, 5.74) is 0.890. The van der Waals surface area contributed by atoms with Gasteiger partial charge < -0.3 is 10.4 Å². The molecule has 0 aliphatic heterocycles. The highest BCUT2D eigenvalue weighted by Gasteiger charge is 2.65. The average molecular weight is 478 g/mol. The van der Waals surface area contributed by atoms with E-state index in [1.807, 2.05) is 0 Å². The number of aliphatic hydroxyl groups excluding tert-OH is 1. The van der Waals surface area contributed by atoms with Crippen LogP contribution in [-0.2, 0) is 5.41 Å². The quantitative estimate of drug-likeness (QED) is 0.582. The van der Waals surface area contributed by atoms with Crippen molar-refractivity contribution < 1.29 is 18.7 Å². The van der Waals surface area contributed by atoms with E-state index in [4.69, 9.17) is 4.98 Å². The summed E-state index contributed by atoms with van der Waals surface area (Å²) in [5.74, 6) is -1.65. The van der Waals surface area contributed by atoms with Crippen LogP contribution in [0.15, 0.2) is 36.7 Å². The van der Waals surface area contributed by atoms with E-state index < -0.39 is 22.6 Å². The van der Waals surface area contributed by atoms with Crippen LogP contribution in [-0.4, -0.2) is 43.3 Å².